The molecule has 0 radical (unpaired) electrons. The molecule has 0 aliphatic carbocycles. The second kappa shape index (κ2) is 4.57. The van der Waals surface area contributed by atoms with Crippen LogP contribution in [0.1, 0.15) is 23.0 Å². The molecule has 80 valence electrons. The zero-order valence-corrected chi connectivity index (χ0v) is 9.59. The number of nitrogens with zero attached hydrogens (tertiary/aromatic N) is 2. The molecule has 1 atom stereocenters. The number of aryl methyl sites for hydroxylation is 2. The van der Waals surface area contributed by atoms with E-state index in [-0.39, 0.29) is 6.04 Å². The minimum Gasteiger partial charge on any atom is -0.383 e. The topological polar surface area (TPSA) is 39.1 Å². The maximum atomic E-state index is 5.17. The summed E-state index contributed by atoms with van der Waals surface area (Å²) in [7, 11) is 5.62. The fourth-order valence-corrected chi connectivity index (χ4v) is 1.77. The third kappa shape index (κ3) is 1.96. The van der Waals surface area contributed by atoms with Gasteiger partial charge in [0.1, 0.15) is 0 Å². The standard InChI is InChI=1S/C10H19N3O/c1-7-10(8(2)13(4)12-7)9(11-3)6-14-5/h9,11H,6H2,1-5H3. The fraction of sp³-hybridized carbons (Fsp3) is 0.700. The van der Waals surface area contributed by atoms with Gasteiger partial charge in [-0.05, 0) is 20.9 Å². The molecule has 1 unspecified atom stereocenters. The van der Waals surface area contributed by atoms with Gasteiger partial charge in [-0.15, -0.1) is 0 Å². The van der Waals surface area contributed by atoms with Crippen molar-refractivity contribution < 1.29 is 4.74 Å². The number of nitrogens with one attached hydrogen (secondary N) is 1. The summed E-state index contributed by atoms with van der Waals surface area (Å²) in [5, 5.41) is 7.62. The summed E-state index contributed by atoms with van der Waals surface area (Å²) in [4.78, 5) is 0. The fourth-order valence-electron chi connectivity index (χ4n) is 1.77. The minimum absolute atomic E-state index is 0.230. The van der Waals surface area contributed by atoms with Crippen LogP contribution in [0.4, 0.5) is 0 Å². The molecule has 0 aromatic carbocycles. The normalized spacial score (nSPS) is 13.2. The SMILES string of the molecule is CNC(COC)c1c(C)nn(C)c1C. The van der Waals surface area contributed by atoms with Gasteiger partial charge in [-0.1, -0.05) is 0 Å². The molecule has 1 heterocycles. The zero-order chi connectivity index (χ0) is 10.7. The Labute approximate surface area is 85.3 Å². The first-order valence-corrected chi connectivity index (χ1v) is 4.78. The summed E-state index contributed by atoms with van der Waals surface area (Å²) in [6.07, 6.45) is 0. The summed E-state index contributed by atoms with van der Waals surface area (Å²) in [5.41, 5.74) is 3.51. The van der Waals surface area contributed by atoms with Gasteiger partial charge >= 0.3 is 0 Å². The van der Waals surface area contributed by atoms with Crippen molar-refractivity contribution in [2.24, 2.45) is 7.05 Å². The first kappa shape index (κ1) is 11.2. The third-order valence-corrected chi connectivity index (χ3v) is 2.60. The Bertz CT molecular complexity index is 307. The Kier molecular flexibility index (Phi) is 3.66. The van der Waals surface area contributed by atoms with Gasteiger partial charge in [0.05, 0.1) is 18.3 Å². The van der Waals surface area contributed by atoms with Crippen molar-refractivity contribution in [2.45, 2.75) is 19.9 Å². The van der Waals surface area contributed by atoms with Crippen molar-refractivity contribution in [1.82, 2.24) is 15.1 Å². The van der Waals surface area contributed by atoms with Gasteiger partial charge in [0.25, 0.3) is 0 Å². The van der Waals surface area contributed by atoms with Crippen LogP contribution in [0.15, 0.2) is 0 Å². The van der Waals surface area contributed by atoms with Gasteiger partial charge in [0, 0.05) is 25.4 Å². The van der Waals surface area contributed by atoms with Crippen LogP contribution < -0.4 is 5.32 Å². The van der Waals surface area contributed by atoms with Crippen molar-refractivity contribution >= 4 is 0 Å². The molecule has 0 bridgehead atoms. The number of hydrogen-bond donors (Lipinski definition) is 1. The summed E-state index contributed by atoms with van der Waals surface area (Å²) in [6, 6.07) is 0.230. The molecular weight excluding hydrogens is 178 g/mol. The van der Waals surface area contributed by atoms with Crippen LogP contribution in [-0.2, 0) is 11.8 Å². The highest BCUT2D eigenvalue weighted by atomic mass is 16.5. The number of methoxy groups -OCH3 is 1. The number of likely N-dealkylation sites (N-methyl/N-ethyl adjacent to an activating group) is 1. The van der Waals surface area contributed by atoms with Crippen LogP contribution in [0, 0.1) is 13.8 Å². The van der Waals surface area contributed by atoms with Crippen LogP contribution in [0.2, 0.25) is 0 Å². The van der Waals surface area contributed by atoms with E-state index in [9.17, 15) is 0 Å². The van der Waals surface area contributed by atoms with E-state index in [1.165, 1.54) is 11.3 Å². The number of rotatable bonds is 4. The predicted molar refractivity (Wildman–Crippen MR) is 56.4 cm³/mol. The molecule has 0 spiro atoms. The van der Waals surface area contributed by atoms with E-state index in [0.29, 0.717) is 6.61 Å². The molecule has 0 saturated heterocycles. The molecule has 0 aliphatic rings. The Morgan fingerprint density at radius 3 is 2.50 bits per heavy atom. The highest BCUT2D eigenvalue weighted by Crippen LogP contribution is 2.20. The van der Waals surface area contributed by atoms with E-state index in [2.05, 4.69) is 17.3 Å². The molecule has 0 aliphatic heterocycles. The van der Waals surface area contributed by atoms with Gasteiger partial charge in [0.2, 0.25) is 0 Å². The summed E-state index contributed by atoms with van der Waals surface area (Å²) < 4.78 is 7.08. The molecule has 1 N–H and O–H groups in total. The van der Waals surface area contributed by atoms with Crippen LogP contribution >= 0.6 is 0 Å². The van der Waals surface area contributed by atoms with Crippen LogP contribution in [0.25, 0.3) is 0 Å². The van der Waals surface area contributed by atoms with E-state index < -0.39 is 0 Å². The van der Waals surface area contributed by atoms with Crippen molar-refractivity contribution in [3.63, 3.8) is 0 Å². The molecule has 14 heavy (non-hydrogen) atoms. The number of hydrogen-bond acceptors (Lipinski definition) is 3. The summed E-state index contributed by atoms with van der Waals surface area (Å²) in [6.45, 7) is 4.78. The first-order valence-electron chi connectivity index (χ1n) is 4.78. The smallest absolute Gasteiger partial charge is 0.0658 e. The maximum absolute atomic E-state index is 5.17. The highest BCUT2D eigenvalue weighted by molar-refractivity contribution is 5.28. The average Bonchev–Trinajstić information content (AvgIpc) is 2.39. The van der Waals surface area contributed by atoms with Crippen molar-refractivity contribution in [1.29, 1.82) is 0 Å². The van der Waals surface area contributed by atoms with E-state index in [1.54, 1.807) is 7.11 Å². The van der Waals surface area contributed by atoms with Crippen LogP contribution in [0.3, 0.4) is 0 Å². The summed E-state index contributed by atoms with van der Waals surface area (Å²) in [5.74, 6) is 0. The van der Waals surface area contributed by atoms with Gasteiger partial charge < -0.3 is 10.1 Å². The molecule has 0 fully saturated rings. The van der Waals surface area contributed by atoms with Crippen molar-refractivity contribution in [3.05, 3.63) is 17.0 Å². The second-order valence-electron chi connectivity index (χ2n) is 3.50. The van der Waals surface area contributed by atoms with Crippen LogP contribution in [-0.4, -0.2) is 30.5 Å². The van der Waals surface area contributed by atoms with Gasteiger partial charge in [-0.25, -0.2) is 0 Å². The molecule has 0 saturated carbocycles. The monoisotopic (exact) mass is 197 g/mol. The van der Waals surface area contributed by atoms with Gasteiger partial charge in [0.15, 0.2) is 0 Å². The lowest BCUT2D eigenvalue weighted by molar-refractivity contribution is 0.170. The number of ether oxygens (including phenoxy) is 1. The van der Waals surface area contributed by atoms with Gasteiger partial charge in [-0.2, -0.15) is 5.10 Å². The zero-order valence-electron chi connectivity index (χ0n) is 9.59. The third-order valence-electron chi connectivity index (χ3n) is 2.60. The van der Waals surface area contributed by atoms with E-state index in [0.717, 1.165) is 5.69 Å². The quantitative estimate of drug-likeness (QED) is 0.781. The highest BCUT2D eigenvalue weighted by Gasteiger charge is 2.18. The maximum Gasteiger partial charge on any atom is 0.0658 e. The largest absolute Gasteiger partial charge is 0.383 e. The van der Waals surface area contributed by atoms with Gasteiger partial charge in [-0.3, -0.25) is 4.68 Å². The Hall–Kier alpha value is -0.870. The second-order valence-corrected chi connectivity index (χ2v) is 3.50. The lowest BCUT2D eigenvalue weighted by Gasteiger charge is -2.15. The molecule has 4 nitrogen and oxygen atoms in total. The van der Waals surface area contributed by atoms with Crippen molar-refractivity contribution in [3.8, 4) is 0 Å². The molecule has 1 rings (SSSR count). The molecule has 4 heteroatoms. The predicted octanol–water partition coefficient (Wildman–Crippen LogP) is 0.944. The van der Waals surface area contributed by atoms with E-state index in [1.807, 2.05) is 25.7 Å². The lowest BCUT2D eigenvalue weighted by atomic mass is 10.1. The molecule has 0 amide bonds. The Balaban J connectivity index is 3.02. The number of aromatic nitrogens is 2. The average molecular weight is 197 g/mol. The Morgan fingerprint density at radius 1 is 1.50 bits per heavy atom. The van der Waals surface area contributed by atoms with E-state index >= 15 is 0 Å². The Morgan fingerprint density at radius 2 is 2.14 bits per heavy atom. The molecule has 1 aromatic rings. The van der Waals surface area contributed by atoms with Crippen LogP contribution in [0.5, 0.6) is 0 Å². The van der Waals surface area contributed by atoms with Crippen molar-refractivity contribution in [2.75, 3.05) is 20.8 Å². The summed E-state index contributed by atoms with van der Waals surface area (Å²) >= 11 is 0. The molecular formula is C10H19N3O. The molecule has 1 aromatic heterocycles. The minimum atomic E-state index is 0.230. The lowest BCUT2D eigenvalue weighted by Crippen LogP contribution is -2.22. The van der Waals surface area contributed by atoms with E-state index in [4.69, 9.17) is 4.74 Å². The first-order chi connectivity index (χ1) is 6.61.